The maximum absolute atomic E-state index is 11.7. The van der Waals surface area contributed by atoms with E-state index >= 15 is 0 Å². The van der Waals surface area contributed by atoms with Gasteiger partial charge in [0.1, 0.15) is 0 Å². The van der Waals surface area contributed by atoms with Crippen LogP contribution in [0.1, 0.15) is 26.7 Å². The highest BCUT2D eigenvalue weighted by atomic mass is 16.4. The Morgan fingerprint density at radius 2 is 2.05 bits per heavy atom. The van der Waals surface area contributed by atoms with E-state index in [0.29, 0.717) is 25.7 Å². The lowest BCUT2D eigenvalue weighted by molar-refractivity contribution is -0.139. The van der Waals surface area contributed by atoms with Gasteiger partial charge in [-0.3, -0.25) is 4.79 Å². The number of rotatable bonds is 7. The lowest BCUT2D eigenvalue weighted by Gasteiger charge is -2.38. The number of carbonyl (C=O) groups excluding carboxylic acids is 1. The molecule has 110 valence electrons. The van der Waals surface area contributed by atoms with Crippen LogP contribution in [0.15, 0.2) is 0 Å². The molecule has 0 aromatic rings. The summed E-state index contributed by atoms with van der Waals surface area (Å²) in [4.78, 5) is 26.1. The summed E-state index contributed by atoms with van der Waals surface area (Å²) in [5.41, 5.74) is 0. The second-order valence-corrected chi connectivity index (χ2v) is 5.53. The molecule has 0 saturated carbocycles. The van der Waals surface area contributed by atoms with Gasteiger partial charge in [-0.05, 0) is 33.9 Å². The summed E-state index contributed by atoms with van der Waals surface area (Å²) < 4.78 is 0. The van der Waals surface area contributed by atoms with Crippen molar-refractivity contribution in [3.8, 4) is 0 Å². The van der Waals surface area contributed by atoms with Crippen LogP contribution in [0, 0.1) is 5.92 Å². The first kappa shape index (κ1) is 15.8. The van der Waals surface area contributed by atoms with Gasteiger partial charge in [0, 0.05) is 31.6 Å². The van der Waals surface area contributed by atoms with Crippen molar-refractivity contribution in [1.29, 1.82) is 0 Å². The number of amides is 2. The lowest BCUT2D eigenvalue weighted by atomic mass is 9.97. The van der Waals surface area contributed by atoms with Crippen LogP contribution in [0.2, 0.25) is 0 Å². The zero-order valence-electron chi connectivity index (χ0n) is 12.1. The van der Waals surface area contributed by atoms with Crippen LogP contribution in [0.25, 0.3) is 0 Å². The van der Waals surface area contributed by atoms with Crippen LogP contribution >= 0.6 is 0 Å². The zero-order chi connectivity index (χ0) is 14.4. The molecule has 0 spiro atoms. The molecule has 0 aromatic heterocycles. The van der Waals surface area contributed by atoms with Gasteiger partial charge in [0.2, 0.25) is 0 Å². The maximum atomic E-state index is 11.7. The second-order valence-electron chi connectivity index (χ2n) is 5.53. The van der Waals surface area contributed by atoms with Crippen molar-refractivity contribution in [2.45, 2.75) is 32.7 Å². The first-order valence-electron chi connectivity index (χ1n) is 6.85. The first-order valence-corrected chi connectivity index (χ1v) is 6.85. The first-order chi connectivity index (χ1) is 8.90. The van der Waals surface area contributed by atoms with Crippen molar-refractivity contribution in [1.82, 2.24) is 15.1 Å². The van der Waals surface area contributed by atoms with E-state index in [1.165, 1.54) is 0 Å². The second kappa shape index (κ2) is 7.33. The van der Waals surface area contributed by atoms with Gasteiger partial charge in [0.15, 0.2) is 0 Å². The number of carbonyl (C=O) groups is 2. The molecule has 2 N–H and O–H groups in total. The molecule has 19 heavy (non-hydrogen) atoms. The summed E-state index contributed by atoms with van der Waals surface area (Å²) in [5.74, 6) is -0.669. The Kier molecular flexibility index (Phi) is 6.08. The fourth-order valence-corrected chi connectivity index (χ4v) is 2.01. The molecule has 0 atom stereocenters. The standard InChI is InChI=1S/C13H25N3O3/c1-10(2)15(3)6-4-5-14-13(19)16-8-11(9-16)7-12(17)18/h10-11H,4-9H2,1-3H3,(H,14,19)(H,17,18). The highest BCUT2D eigenvalue weighted by Gasteiger charge is 2.31. The van der Waals surface area contributed by atoms with Gasteiger partial charge in [-0.25, -0.2) is 4.79 Å². The molecule has 1 fully saturated rings. The highest BCUT2D eigenvalue weighted by molar-refractivity contribution is 5.75. The topological polar surface area (TPSA) is 72.9 Å². The highest BCUT2D eigenvalue weighted by Crippen LogP contribution is 2.18. The summed E-state index contributed by atoms with van der Waals surface area (Å²) >= 11 is 0. The summed E-state index contributed by atoms with van der Waals surface area (Å²) in [7, 11) is 2.07. The van der Waals surface area contributed by atoms with E-state index in [1.54, 1.807) is 4.90 Å². The van der Waals surface area contributed by atoms with Crippen LogP contribution in [0.3, 0.4) is 0 Å². The molecule has 6 heteroatoms. The lowest BCUT2D eigenvalue weighted by Crippen LogP contribution is -2.54. The number of hydrogen-bond donors (Lipinski definition) is 2. The number of carboxylic acids is 1. The van der Waals surface area contributed by atoms with Crippen molar-refractivity contribution in [3.63, 3.8) is 0 Å². The summed E-state index contributed by atoms with van der Waals surface area (Å²) in [6.07, 6.45) is 1.08. The predicted octanol–water partition coefficient (Wildman–Crippen LogP) is 0.833. The molecule has 0 unspecified atom stereocenters. The zero-order valence-corrected chi connectivity index (χ0v) is 12.1. The Morgan fingerprint density at radius 3 is 2.58 bits per heavy atom. The monoisotopic (exact) mass is 271 g/mol. The number of nitrogens with one attached hydrogen (secondary N) is 1. The number of urea groups is 1. The molecule has 6 nitrogen and oxygen atoms in total. The minimum absolute atomic E-state index is 0.0751. The van der Waals surface area contributed by atoms with E-state index in [9.17, 15) is 9.59 Å². The third-order valence-corrected chi connectivity index (χ3v) is 3.55. The fourth-order valence-electron chi connectivity index (χ4n) is 2.01. The molecular weight excluding hydrogens is 246 g/mol. The summed E-state index contributed by atoms with van der Waals surface area (Å²) in [6.45, 7) is 7.02. The van der Waals surface area contributed by atoms with Crippen LogP contribution < -0.4 is 5.32 Å². The third-order valence-electron chi connectivity index (χ3n) is 3.55. The van der Waals surface area contributed by atoms with Gasteiger partial charge in [-0.2, -0.15) is 0 Å². The minimum Gasteiger partial charge on any atom is -0.481 e. The van der Waals surface area contributed by atoms with Crippen LogP contribution in [0.5, 0.6) is 0 Å². The smallest absolute Gasteiger partial charge is 0.317 e. The van der Waals surface area contributed by atoms with Gasteiger partial charge in [0.25, 0.3) is 0 Å². The Morgan fingerprint density at radius 1 is 1.42 bits per heavy atom. The molecule has 1 rings (SSSR count). The Labute approximate surface area is 114 Å². The van der Waals surface area contributed by atoms with E-state index in [4.69, 9.17) is 5.11 Å². The van der Waals surface area contributed by atoms with E-state index in [-0.39, 0.29) is 18.4 Å². The van der Waals surface area contributed by atoms with Gasteiger partial charge in [-0.15, -0.1) is 0 Å². The minimum atomic E-state index is -0.790. The number of nitrogens with zero attached hydrogens (tertiary/aromatic N) is 2. The molecule has 2 amide bonds. The van der Waals surface area contributed by atoms with Crippen molar-refractivity contribution in [2.24, 2.45) is 5.92 Å². The molecule has 0 aromatic carbocycles. The van der Waals surface area contributed by atoms with E-state index in [0.717, 1.165) is 13.0 Å². The maximum Gasteiger partial charge on any atom is 0.317 e. The number of aliphatic carboxylic acids is 1. The van der Waals surface area contributed by atoms with Gasteiger partial charge >= 0.3 is 12.0 Å². The molecule has 1 heterocycles. The van der Waals surface area contributed by atoms with Gasteiger partial charge < -0.3 is 20.2 Å². The quantitative estimate of drug-likeness (QED) is 0.673. The van der Waals surface area contributed by atoms with Crippen molar-refractivity contribution in [2.75, 3.05) is 33.2 Å². The summed E-state index contributed by atoms with van der Waals surface area (Å²) in [6, 6.07) is 0.441. The normalized spacial score (nSPS) is 15.7. The van der Waals surface area contributed by atoms with E-state index < -0.39 is 5.97 Å². The van der Waals surface area contributed by atoms with Crippen LogP contribution in [-0.2, 0) is 4.79 Å². The van der Waals surface area contributed by atoms with Crippen LogP contribution in [0.4, 0.5) is 4.79 Å². The number of carboxylic acid groups (broad SMARTS) is 1. The van der Waals surface area contributed by atoms with Gasteiger partial charge in [-0.1, -0.05) is 0 Å². The Balaban J connectivity index is 2.05. The van der Waals surface area contributed by atoms with Crippen molar-refractivity contribution < 1.29 is 14.7 Å². The van der Waals surface area contributed by atoms with Crippen molar-refractivity contribution >= 4 is 12.0 Å². The largest absolute Gasteiger partial charge is 0.481 e. The Bertz CT molecular complexity index is 314. The van der Waals surface area contributed by atoms with Gasteiger partial charge in [0.05, 0.1) is 6.42 Å². The molecule has 0 aliphatic carbocycles. The third kappa shape index (κ3) is 5.46. The average molecular weight is 271 g/mol. The molecule has 1 aliphatic heterocycles. The molecule has 0 bridgehead atoms. The molecule has 1 saturated heterocycles. The molecule has 0 radical (unpaired) electrons. The molecule has 1 aliphatic rings. The SMILES string of the molecule is CC(C)N(C)CCCNC(=O)N1CC(CC(=O)O)C1. The van der Waals surface area contributed by atoms with E-state index in [2.05, 4.69) is 31.1 Å². The predicted molar refractivity (Wildman–Crippen MR) is 73.1 cm³/mol. The number of hydrogen-bond acceptors (Lipinski definition) is 3. The van der Waals surface area contributed by atoms with E-state index in [1.807, 2.05) is 0 Å². The fraction of sp³-hybridized carbons (Fsp3) is 0.846. The van der Waals surface area contributed by atoms with Crippen LogP contribution in [-0.4, -0.2) is 66.2 Å². The van der Waals surface area contributed by atoms with Crippen molar-refractivity contribution in [3.05, 3.63) is 0 Å². The number of likely N-dealkylation sites (tertiary alicyclic amines) is 1. The molecular formula is C13H25N3O3. The Hall–Kier alpha value is -1.30. The average Bonchev–Trinajstić information content (AvgIpc) is 2.27. The summed E-state index contributed by atoms with van der Waals surface area (Å²) in [5, 5.41) is 11.5.